The van der Waals surface area contributed by atoms with Crippen LogP contribution in [-0.4, -0.2) is 47.4 Å². The van der Waals surface area contributed by atoms with Gasteiger partial charge in [0.15, 0.2) is 9.84 Å². The lowest BCUT2D eigenvalue weighted by molar-refractivity contribution is -0.384. The summed E-state index contributed by atoms with van der Waals surface area (Å²) < 4.78 is 47.3. The van der Waals surface area contributed by atoms with Gasteiger partial charge in [0.25, 0.3) is 5.69 Å². The summed E-state index contributed by atoms with van der Waals surface area (Å²) in [7, 11) is -5.73. The molecule has 11 heteroatoms. The number of rotatable bonds is 7. The van der Waals surface area contributed by atoms with Crippen molar-refractivity contribution in [1.29, 1.82) is 0 Å². The highest BCUT2D eigenvalue weighted by atomic mass is 32.2. The maximum absolute atomic E-state index is 11.4. The van der Waals surface area contributed by atoms with Gasteiger partial charge in [-0.15, -0.1) is 0 Å². The molecule has 0 atom stereocenters. The molecule has 1 rings (SSSR count). The first-order chi connectivity index (χ1) is 9.57. The van der Waals surface area contributed by atoms with E-state index in [1.54, 1.807) is 0 Å². The van der Waals surface area contributed by atoms with E-state index in [-0.39, 0.29) is 22.9 Å². The number of hydrogen-bond donors (Lipinski definition) is 2. The van der Waals surface area contributed by atoms with Crippen molar-refractivity contribution in [3.05, 3.63) is 28.3 Å². The van der Waals surface area contributed by atoms with E-state index in [1.807, 2.05) is 0 Å². The van der Waals surface area contributed by atoms with Gasteiger partial charge in [0.05, 0.1) is 15.6 Å². The molecule has 0 spiro atoms. The molecule has 21 heavy (non-hydrogen) atoms. The summed E-state index contributed by atoms with van der Waals surface area (Å²) in [6.07, 6.45) is 0.943. The number of nitrogens with zero attached hydrogens (tertiary/aromatic N) is 1. The molecule has 0 aromatic heterocycles. The predicted octanol–water partition coefficient (Wildman–Crippen LogP) is -0.0406. The standard InChI is InChI=1S/C10H15N3O6S2/c1-11-21(18,19)6-5-12-9-4-3-8(20(2,16)17)7-10(9)13(14)15/h3-4,7,11-12H,5-6H2,1-2H3. The average molecular weight is 337 g/mol. The fraction of sp³-hybridized carbons (Fsp3) is 0.400. The smallest absolute Gasteiger partial charge is 0.293 e. The first kappa shape index (κ1) is 17.3. The zero-order valence-corrected chi connectivity index (χ0v) is 13.0. The highest BCUT2D eigenvalue weighted by molar-refractivity contribution is 7.90. The van der Waals surface area contributed by atoms with Crippen LogP contribution in [0.1, 0.15) is 0 Å². The van der Waals surface area contributed by atoms with Crippen LogP contribution in [0.4, 0.5) is 11.4 Å². The number of sulfone groups is 1. The Hall–Kier alpha value is -1.72. The fourth-order valence-corrected chi connectivity index (χ4v) is 2.68. The minimum Gasteiger partial charge on any atom is -0.378 e. The number of nitrogens with one attached hydrogen (secondary N) is 2. The summed E-state index contributed by atoms with van der Waals surface area (Å²) in [6, 6.07) is 3.39. The zero-order valence-electron chi connectivity index (χ0n) is 11.4. The molecule has 0 saturated heterocycles. The highest BCUT2D eigenvalue weighted by Crippen LogP contribution is 2.27. The van der Waals surface area contributed by atoms with Crippen molar-refractivity contribution in [3.63, 3.8) is 0 Å². The van der Waals surface area contributed by atoms with Gasteiger partial charge in [0.2, 0.25) is 10.0 Å². The third-order valence-corrected chi connectivity index (χ3v) is 5.07. The first-order valence-electron chi connectivity index (χ1n) is 5.70. The Bertz CT molecular complexity index is 742. The van der Waals surface area contributed by atoms with Crippen LogP contribution in [0.3, 0.4) is 0 Å². The van der Waals surface area contributed by atoms with Crippen molar-refractivity contribution in [3.8, 4) is 0 Å². The van der Waals surface area contributed by atoms with E-state index >= 15 is 0 Å². The second-order valence-electron chi connectivity index (χ2n) is 4.16. The SMILES string of the molecule is CNS(=O)(=O)CCNc1ccc(S(C)(=O)=O)cc1[N+](=O)[O-]. The lowest BCUT2D eigenvalue weighted by Gasteiger charge is -2.08. The van der Waals surface area contributed by atoms with Crippen molar-refractivity contribution in [2.75, 3.05) is 30.9 Å². The summed E-state index contributed by atoms with van der Waals surface area (Å²) in [4.78, 5) is 10.0. The fourth-order valence-electron chi connectivity index (χ4n) is 1.46. The maximum Gasteiger partial charge on any atom is 0.293 e. The molecule has 0 amide bonds. The number of hydrogen-bond acceptors (Lipinski definition) is 7. The third kappa shape index (κ3) is 4.95. The van der Waals surface area contributed by atoms with Gasteiger partial charge in [-0.05, 0) is 19.2 Å². The van der Waals surface area contributed by atoms with Crippen LogP contribution < -0.4 is 10.0 Å². The van der Waals surface area contributed by atoms with Crippen LogP contribution in [0.5, 0.6) is 0 Å². The van der Waals surface area contributed by atoms with Gasteiger partial charge in [-0.25, -0.2) is 21.6 Å². The monoisotopic (exact) mass is 337 g/mol. The van der Waals surface area contributed by atoms with Crippen molar-refractivity contribution in [2.24, 2.45) is 0 Å². The summed E-state index contributed by atoms with van der Waals surface area (Å²) in [5.41, 5.74) is -0.376. The summed E-state index contributed by atoms with van der Waals surface area (Å²) in [5.74, 6) is -0.269. The van der Waals surface area contributed by atoms with E-state index in [0.29, 0.717) is 0 Å². The van der Waals surface area contributed by atoms with Crippen LogP contribution in [0.2, 0.25) is 0 Å². The van der Waals surface area contributed by atoms with Gasteiger partial charge in [-0.2, -0.15) is 0 Å². The van der Waals surface area contributed by atoms with Gasteiger partial charge in [0.1, 0.15) is 5.69 Å². The van der Waals surface area contributed by atoms with E-state index < -0.39 is 30.5 Å². The lowest BCUT2D eigenvalue weighted by Crippen LogP contribution is -2.26. The van der Waals surface area contributed by atoms with Gasteiger partial charge >= 0.3 is 0 Å². The summed E-state index contributed by atoms with van der Waals surface area (Å²) in [6.45, 7) is -0.0533. The largest absolute Gasteiger partial charge is 0.378 e. The number of sulfonamides is 1. The summed E-state index contributed by atoms with van der Waals surface area (Å²) in [5, 5.41) is 13.6. The Morgan fingerprint density at radius 1 is 1.24 bits per heavy atom. The molecule has 118 valence electrons. The number of nitro groups is 1. The molecule has 0 aliphatic heterocycles. The normalized spacial score (nSPS) is 12.1. The molecule has 0 fully saturated rings. The van der Waals surface area contributed by atoms with E-state index in [9.17, 15) is 26.9 Å². The van der Waals surface area contributed by atoms with Crippen molar-refractivity contribution in [1.82, 2.24) is 4.72 Å². The zero-order chi connectivity index (χ0) is 16.3. The van der Waals surface area contributed by atoms with Crippen LogP contribution in [0, 0.1) is 10.1 Å². The van der Waals surface area contributed by atoms with E-state index in [2.05, 4.69) is 10.0 Å². The molecule has 0 saturated carbocycles. The topological polar surface area (TPSA) is 135 Å². The molecule has 0 unspecified atom stereocenters. The molecule has 1 aromatic carbocycles. The predicted molar refractivity (Wildman–Crippen MR) is 77.5 cm³/mol. The quantitative estimate of drug-likeness (QED) is 0.526. The van der Waals surface area contributed by atoms with E-state index in [4.69, 9.17) is 0 Å². The number of nitro benzene ring substituents is 1. The van der Waals surface area contributed by atoms with Gasteiger partial charge in [-0.3, -0.25) is 10.1 Å². The summed E-state index contributed by atoms with van der Waals surface area (Å²) >= 11 is 0. The minimum atomic E-state index is -3.56. The molecule has 0 heterocycles. The average Bonchev–Trinajstić information content (AvgIpc) is 2.37. The molecule has 0 bridgehead atoms. The maximum atomic E-state index is 11.4. The van der Waals surface area contributed by atoms with Crippen molar-refractivity contribution >= 4 is 31.2 Å². The Morgan fingerprint density at radius 2 is 1.86 bits per heavy atom. The van der Waals surface area contributed by atoms with Gasteiger partial charge in [0, 0.05) is 18.9 Å². The van der Waals surface area contributed by atoms with Crippen molar-refractivity contribution in [2.45, 2.75) is 4.90 Å². The van der Waals surface area contributed by atoms with E-state index in [1.165, 1.54) is 19.2 Å². The van der Waals surface area contributed by atoms with Crippen LogP contribution in [0.15, 0.2) is 23.1 Å². The lowest BCUT2D eigenvalue weighted by atomic mass is 10.2. The Balaban J connectivity index is 3.01. The first-order valence-corrected chi connectivity index (χ1v) is 9.25. The Labute approximate surface area is 122 Å². The van der Waals surface area contributed by atoms with Crippen LogP contribution in [-0.2, 0) is 19.9 Å². The molecule has 0 radical (unpaired) electrons. The van der Waals surface area contributed by atoms with Crippen LogP contribution >= 0.6 is 0 Å². The third-order valence-electron chi connectivity index (χ3n) is 2.59. The van der Waals surface area contributed by atoms with Crippen LogP contribution in [0.25, 0.3) is 0 Å². The van der Waals surface area contributed by atoms with Gasteiger partial charge in [-0.1, -0.05) is 0 Å². The Kier molecular flexibility index (Phi) is 5.25. The molecule has 1 aromatic rings. The molecule has 9 nitrogen and oxygen atoms in total. The number of benzene rings is 1. The molecular formula is C10H15N3O6S2. The van der Waals surface area contributed by atoms with Crippen molar-refractivity contribution < 1.29 is 21.8 Å². The second-order valence-corrected chi connectivity index (χ2v) is 8.22. The molecule has 2 N–H and O–H groups in total. The van der Waals surface area contributed by atoms with E-state index in [0.717, 1.165) is 12.3 Å². The minimum absolute atomic E-state index is 0.0533. The number of anilines is 1. The second kappa shape index (κ2) is 6.37. The molecule has 0 aliphatic carbocycles. The highest BCUT2D eigenvalue weighted by Gasteiger charge is 2.19. The Morgan fingerprint density at radius 3 is 2.33 bits per heavy atom. The molecular weight excluding hydrogens is 322 g/mol. The van der Waals surface area contributed by atoms with Gasteiger partial charge < -0.3 is 5.32 Å². The molecule has 0 aliphatic rings.